The predicted octanol–water partition coefficient (Wildman–Crippen LogP) is 2.87. The lowest BCUT2D eigenvalue weighted by molar-refractivity contribution is -0.140. The summed E-state index contributed by atoms with van der Waals surface area (Å²) in [4.78, 5) is 17.1. The number of aromatic nitrogens is 3. The van der Waals surface area contributed by atoms with Gasteiger partial charge in [0.05, 0.1) is 18.8 Å². The standard InChI is InChI=1S/C19H27N5O2S/c1-15(16-8-10-17(11-9-16)24-14-20-13-22-24)23(2)19(27)21-12-6-4-5-7-18(25)26-3/h8-11,13-15H,4-7,12H2,1-3H3,(H,21,27)/t15-/m0/s1. The van der Waals surface area contributed by atoms with Gasteiger partial charge in [0.2, 0.25) is 0 Å². The van der Waals surface area contributed by atoms with E-state index in [9.17, 15) is 4.79 Å². The van der Waals surface area contributed by atoms with E-state index in [1.165, 1.54) is 19.0 Å². The van der Waals surface area contributed by atoms with Crippen LogP contribution in [0.15, 0.2) is 36.9 Å². The number of unbranched alkanes of at least 4 members (excludes halogenated alkanes) is 2. The van der Waals surface area contributed by atoms with E-state index in [1.54, 1.807) is 11.0 Å². The zero-order chi connectivity index (χ0) is 19.6. The van der Waals surface area contributed by atoms with Gasteiger partial charge in [-0.05, 0) is 49.7 Å². The number of hydrogen-bond donors (Lipinski definition) is 1. The lowest BCUT2D eigenvalue weighted by Gasteiger charge is -2.28. The van der Waals surface area contributed by atoms with Crippen molar-refractivity contribution in [1.82, 2.24) is 25.0 Å². The van der Waals surface area contributed by atoms with Crippen molar-refractivity contribution in [3.8, 4) is 5.69 Å². The number of esters is 1. The van der Waals surface area contributed by atoms with Gasteiger partial charge in [-0.1, -0.05) is 18.6 Å². The highest BCUT2D eigenvalue weighted by molar-refractivity contribution is 7.80. The first-order valence-electron chi connectivity index (χ1n) is 9.05. The molecular formula is C19H27N5O2S. The zero-order valence-corrected chi connectivity index (χ0v) is 16.9. The van der Waals surface area contributed by atoms with Crippen LogP contribution >= 0.6 is 12.2 Å². The van der Waals surface area contributed by atoms with Gasteiger partial charge in [0.1, 0.15) is 12.7 Å². The molecule has 7 nitrogen and oxygen atoms in total. The van der Waals surface area contributed by atoms with Crippen molar-refractivity contribution in [2.45, 2.75) is 38.6 Å². The molecule has 1 atom stereocenters. The molecule has 0 aliphatic carbocycles. The monoisotopic (exact) mass is 389 g/mol. The SMILES string of the molecule is COC(=O)CCCCCNC(=S)N(C)[C@@H](C)c1ccc(-n2cncn2)cc1. The molecule has 0 aliphatic heterocycles. The van der Waals surface area contributed by atoms with E-state index < -0.39 is 0 Å². The predicted molar refractivity (Wildman–Crippen MR) is 109 cm³/mol. The van der Waals surface area contributed by atoms with Gasteiger partial charge < -0.3 is 15.0 Å². The Kier molecular flexibility index (Phi) is 8.19. The Balaban J connectivity index is 1.76. The lowest BCUT2D eigenvalue weighted by atomic mass is 10.1. The maximum atomic E-state index is 11.1. The van der Waals surface area contributed by atoms with Crippen LogP contribution in [0.4, 0.5) is 0 Å². The van der Waals surface area contributed by atoms with Gasteiger partial charge in [0.15, 0.2) is 5.11 Å². The number of benzene rings is 1. The maximum Gasteiger partial charge on any atom is 0.305 e. The average Bonchev–Trinajstić information content (AvgIpc) is 3.24. The molecular weight excluding hydrogens is 362 g/mol. The van der Waals surface area contributed by atoms with Gasteiger partial charge in [0, 0.05) is 20.0 Å². The Morgan fingerprint density at radius 3 is 2.67 bits per heavy atom. The molecule has 2 aromatic rings. The first-order chi connectivity index (χ1) is 13.0. The molecule has 0 aliphatic rings. The third-order valence-electron chi connectivity index (χ3n) is 4.52. The molecule has 0 saturated carbocycles. The molecule has 0 unspecified atom stereocenters. The van der Waals surface area contributed by atoms with Crippen LogP contribution in [-0.2, 0) is 9.53 Å². The minimum absolute atomic E-state index is 0.147. The van der Waals surface area contributed by atoms with Gasteiger partial charge in [-0.25, -0.2) is 9.67 Å². The molecule has 0 fully saturated rings. The molecule has 0 bridgehead atoms. The number of nitrogens with zero attached hydrogens (tertiary/aromatic N) is 4. The third-order valence-corrected chi connectivity index (χ3v) is 4.95. The molecule has 8 heteroatoms. The number of carbonyl (C=O) groups is 1. The fourth-order valence-corrected chi connectivity index (χ4v) is 2.90. The molecule has 0 amide bonds. The van der Waals surface area contributed by atoms with Gasteiger partial charge in [-0.15, -0.1) is 0 Å². The van der Waals surface area contributed by atoms with E-state index >= 15 is 0 Å². The lowest BCUT2D eigenvalue weighted by Crippen LogP contribution is -2.38. The Labute approximate surface area is 165 Å². The van der Waals surface area contributed by atoms with E-state index in [1.807, 2.05) is 24.1 Å². The van der Waals surface area contributed by atoms with Crippen molar-refractivity contribution >= 4 is 23.3 Å². The molecule has 1 aromatic heterocycles. The number of methoxy groups -OCH3 is 1. The second-order valence-electron chi connectivity index (χ2n) is 6.34. The van der Waals surface area contributed by atoms with Gasteiger partial charge >= 0.3 is 5.97 Å². The van der Waals surface area contributed by atoms with Crippen LogP contribution in [0.2, 0.25) is 0 Å². The third kappa shape index (κ3) is 6.32. The number of thiocarbonyl (C=S) groups is 1. The number of ether oxygens (including phenoxy) is 1. The summed E-state index contributed by atoms with van der Waals surface area (Å²) < 4.78 is 6.36. The van der Waals surface area contributed by atoms with E-state index in [2.05, 4.69) is 39.2 Å². The largest absolute Gasteiger partial charge is 0.469 e. The van der Waals surface area contributed by atoms with Gasteiger partial charge in [0.25, 0.3) is 0 Å². The Bertz CT molecular complexity index is 718. The Hall–Kier alpha value is -2.48. The highest BCUT2D eigenvalue weighted by Gasteiger charge is 2.14. The summed E-state index contributed by atoms with van der Waals surface area (Å²) >= 11 is 5.50. The highest BCUT2D eigenvalue weighted by Crippen LogP contribution is 2.20. The molecule has 1 N–H and O–H groups in total. The smallest absolute Gasteiger partial charge is 0.305 e. The van der Waals surface area contributed by atoms with Crippen LogP contribution < -0.4 is 5.32 Å². The molecule has 1 heterocycles. The molecule has 146 valence electrons. The molecule has 0 spiro atoms. The summed E-state index contributed by atoms with van der Waals surface area (Å²) in [5.74, 6) is -0.151. The number of nitrogens with one attached hydrogen (secondary N) is 1. The van der Waals surface area contributed by atoms with Crippen molar-refractivity contribution in [3.63, 3.8) is 0 Å². The Morgan fingerprint density at radius 1 is 1.30 bits per heavy atom. The van der Waals surface area contributed by atoms with Crippen LogP contribution in [0.5, 0.6) is 0 Å². The van der Waals surface area contributed by atoms with Crippen molar-refractivity contribution < 1.29 is 9.53 Å². The summed E-state index contributed by atoms with van der Waals surface area (Å²) in [7, 11) is 3.41. The maximum absolute atomic E-state index is 11.1. The minimum atomic E-state index is -0.151. The Morgan fingerprint density at radius 2 is 2.04 bits per heavy atom. The summed E-state index contributed by atoms with van der Waals surface area (Å²) in [5, 5.41) is 8.14. The summed E-state index contributed by atoms with van der Waals surface area (Å²) in [6, 6.07) is 8.34. The van der Waals surface area contributed by atoms with E-state index in [4.69, 9.17) is 12.2 Å². The van der Waals surface area contributed by atoms with Crippen molar-refractivity contribution in [2.75, 3.05) is 20.7 Å². The number of rotatable bonds is 9. The van der Waals surface area contributed by atoms with Crippen LogP contribution in [0.1, 0.15) is 44.2 Å². The van der Waals surface area contributed by atoms with Gasteiger partial charge in [-0.3, -0.25) is 4.79 Å². The molecule has 2 rings (SSSR count). The van der Waals surface area contributed by atoms with Crippen LogP contribution in [0.25, 0.3) is 5.69 Å². The first-order valence-corrected chi connectivity index (χ1v) is 9.46. The minimum Gasteiger partial charge on any atom is -0.469 e. The van der Waals surface area contributed by atoms with E-state index in [0.717, 1.165) is 36.6 Å². The number of hydrogen-bond acceptors (Lipinski definition) is 5. The molecule has 0 saturated heterocycles. The fourth-order valence-electron chi connectivity index (χ4n) is 2.64. The van der Waals surface area contributed by atoms with Crippen molar-refractivity contribution in [1.29, 1.82) is 0 Å². The van der Waals surface area contributed by atoms with E-state index in [0.29, 0.717) is 6.42 Å². The number of carbonyl (C=O) groups excluding carboxylic acids is 1. The molecule has 27 heavy (non-hydrogen) atoms. The van der Waals surface area contributed by atoms with Crippen LogP contribution in [0.3, 0.4) is 0 Å². The van der Waals surface area contributed by atoms with Crippen LogP contribution in [0, 0.1) is 0 Å². The van der Waals surface area contributed by atoms with E-state index in [-0.39, 0.29) is 12.0 Å². The van der Waals surface area contributed by atoms with Crippen LogP contribution in [-0.4, -0.2) is 51.4 Å². The summed E-state index contributed by atoms with van der Waals surface area (Å²) in [5.41, 5.74) is 2.14. The van der Waals surface area contributed by atoms with Crippen molar-refractivity contribution in [2.24, 2.45) is 0 Å². The molecule has 1 aromatic carbocycles. The van der Waals surface area contributed by atoms with Gasteiger partial charge in [-0.2, -0.15) is 5.10 Å². The second kappa shape index (κ2) is 10.6. The fraction of sp³-hybridized carbons (Fsp3) is 0.474. The highest BCUT2D eigenvalue weighted by atomic mass is 32.1. The average molecular weight is 390 g/mol. The molecule has 0 radical (unpaired) electrons. The van der Waals surface area contributed by atoms with Crippen molar-refractivity contribution in [3.05, 3.63) is 42.5 Å². The first kappa shape index (κ1) is 20.8. The topological polar surface area (TPSA) is 72.3 Å². The summed E-state index contributed by atoms with van der Waals surface area (Å²) in [6.45, 7) is 2.91. The second-order valence-corrected chi connectivity index (χ2v) is 6.72. The quantitative estimate of drug-likeness (QED) is 0.402. The normalized spacial score (nSPS) is 11.7. The zero-order valence-electron chi connectivity index (χ0n) is 16.1. The summed E-state index contributed by atoms with van der Waals surface area (Å²) in [6.07, 6.45) is 6.44.